The van der Waals surface area contributed by atoms with Gasteiger partial charge in [0.1, 0.15) is 17.0 Å². The highest BCUT2D eigenvalue weighted by Gasteiger charge is 2.10. The molecule has 2 heterocycles. The van der Waals surface area contributed by atoms with Crippen LogP contribution in [0.15, 0.2) is 34.7 Å². The molecule has 0 radical (unpaired) electrons. The number of carboxylic acids is 1. The van der Waals surface area contributed by atoms with E-state index in [4.69, 9.17) is 9.52 Å². The van der Waals surface area contributed by atoms with Gasteiger partial charge in [-0.3, -0.25) is 5.10 Å². The third-order valence-corrected chi connectivity index (χ3v) is 2.74. The maximum Gasteiger partial charge on any atom is 0.353 e. The van der Waals surface area contributed by atoms with Gasteiger partial charge in [0.15, 0.2) is 0 Å². The number of aromatic nitrogens is 2. The molecule has 0 aliphatic rings. The summed E-state index contributed by atoms with van der Waals surface area (Å²) in [5, 5.41) is 16.3. The van der Waals surface area contributed by atoms with Crippen LogP contribution in [0.5, 0.6) is 0 Å². The van der Waals surface area contributed by atoms with E-state index < -0.39 is 5.97 Å². The van der Waals surface area contributed by atoms with E-state index in [9.17, 15) is 4.79 Å². The highest BCUT2D eigenvalue weighted by Crippen LogP contribution is 2.25. The number of rotatable bonds is 2. The monoisotopic (exact) mass is 242 g/mol. The third kappa shape index (κ3) is 1.66. The number of fused-ring (bicyclic) bond motifs is 1. The molecule has 2 aromatic heterocycles. The first-order valence-electron chi connectivity index (χ1n) is 5.43. The minimum atomic E-state index is -1.02. The Labute approximate surface area is 102 Å². The SMILES string of the molecule is Cc1cc2cc(-c3cc(C(=O)O)[nH]n3)ccc2o1. The van der Waals surface area contributed by atoms with Gasteiger partial charge in [0.2, 0.25) is 0 Å². The van der Waals surface area contributed by atoms with Crippen molar-refractivity contribution in [3.05, 3.63) is 41.8 Å². The van der Waals surface area contributed by atoms with Crippen molar-refractivity contribution in [3.63, 3.8) is 0 Å². The van der Waals surface area contributed by atoms with E-state index >= 15 is 0 Å². The van der Waals surface area contributed by atoms with Crippen LogP contribution in [0.3, 0.4) is 0 Å². The van der Waals surface area contributed by atoms with Crippen LogP contribution >= 0.6 is 0 Å². The zero-order valence-electron chi connectivity index (χ0n) is 9.60. The van der Waals surface area contributed by atoms with Crippen molar-refractivity contribution in [1.29, 1.82) is 0 Å². The Morgan fingerprint density at radius 3 is 2.89 bits per heavy atom. The number of furan rings is 1. The molecule has 0 saturated carbocycles. The predicted octanol–water partition coefficient (Wildman–Crippen LogP) is 2.83. The second kappa shape index (κ2) is 3.73. The van der Waals surface area contributed by atoms with E-state index in [-0.39, 0.29) is 5.69 Å². The number of benzene rings is 1. The predicted molar refractivity (Wildman–Crippen MR) is 65.5 cm³/mol. The molecule has 0 amide bonds. The quantitative estimate of drug-likeness (QED) is 0.724. The van der Waals surface area contributed by atoms with Crippen molar-refractivity contribution in [2.75, 3.05) is 0 Å². The summed E-state index contributed by atoms with van der Waals surface area (Å²) >= 11 is 0. The Kier molecular flexibility index (Phi) is 2.19. The van der Waals surface area contributed by atoms with E-state index in [0.29, 0.717) is 5.69 Å². The van der Waals surface area contributed by atoms with Gasteiger partial charge in [-0.2, -0.15) is 5.10 Å². The molecule has 1 aromatic carbocycles. The lowest BCUT2D eigenvalue weighted by atomic mass is 10.1. The first-order chi connectivity index (χ1) is 8.63. The molecule has 90 valence electrons. The summed E-state index contributed by atoms with van der Waals surface area (Å²) in [5.41, 5.74) is 2.35. The lowest BCUT2D eigenvalue weighted by Gasteiger charge is -1.95. The summed E-state index contributed by atoms with van der Waals surface area (Å²) in [6.45, 7) is 1.89. The molecule has 2 N–H and O–H groups in total. The standard InChI is InChI=1S/C13H10N2O3/c1-7-4-9-5-8(2-3-12(9)18-7)10-6-11(13(16)17)15-14-10/h2-6H,1H3,(H,14,15)(H,16,17). The topological polar surface area (TPSA) is 79.1 Å². The van der Waals surface area contributed by atoms with Gasteiger partial charge >= 0.3 is 5.97 Å². The van der Waals surface area contributed by atoms with Gasteiger partial charge in [0.05, 0.1) is 5.69 Å². The maximum atomic E-state index is 10.8. The number of carboxylic acid groups (broad SMARTS) is 1. The van der Waals surface area contributed by atoms with Crippen molar-refractivity contribution in [3.8, 4) is 11.3 Å². The van der Waals surface area contributed by atoms with Gasteiger partial charge in [-0.05, 0) is 37.3 Å². The van der Waals surface area contributed by atoms with E-state index in [0.717, 1.165) is 22.3 Å². The number of aromatic carboxylic acids is 1. The van der Waals surface area contributed by atoms with Crippen LogP contribution in [-0.4, -0.2) is 21.3 Å². The molecule has 0 spiro atoms. The van der Waals surface area contributed by atoms with Crippen LogP contribution < -0.4 is 0 Å². The number of hydrogen-bond acceptors (Lipinski definition) is 3. The molecule has 0 aliphatic heterocycles. The molecule has 18 heavy (non-hydrogen) atoms. The second-order valence-corrected chi connectivity index (χ2v) is 4.08. The first kappa shape index (κ1) is 10.6. The minimum absolute atomic E-state index is 0.0773. The minimum Gasteiger partial charge on any atom is -0.477 e. The summed E-state index contributed by atoms with van der Waals surface area (Å²) in [7, 11) is 0. The highest BCUT2D eigenvalue weighted by atomic mass is 16.4. The molecule has 5 heteroatoms. The van der Waals surface area contributed by atoms with Crippen LogP contribution in [0.2, 0.25) is 0 Å². The maximum absolute atomic E-state index is 10.8. The Morgan fingerprint density at radius 1 is 1.33 bits per heavy atom. The largest absolute Gasteiger partial charge is 0.477 e. The zero-order valence-corrected chi connectivity index (χ0v) is 9.60. The normalized spacial score (nSPS) is 10.9. The summed E-state index contributed by atoms with van der Waals surface area (Å²) < 4.78 is 5.48. The van der Waals surface area contributed by atoms with Gasteiger partial charge in [-0.15, -0.1) is 0 Å². The number of hydrogen-bond donors (Lipinski definition) is 2. The molecule has 5 nitrogen and oxygen atoms in total. The second-order valence-electron chi connectivity index (χ2n) is 4.08. The van der Waals surface area contributed by atoms with Gasteiger partial charge in [0.25, 0.3) is 0 Å². The first-order valence-corrected chi connectivity index (χ1v) is 5.43. The number of aryl methyl sites for hydroxylation is 1. The van der Waals surface area contributed by atoms with Crippen LogP contribution in [-0.2, 0) is 0 Å². The van der Waals surface area contributed by atoms with Crippen LogP contribution in [0.1, 0.15) is 16.2 Å². The smallest absolute Gasteiger partial charge is 0.353 e. The molecule has 3 rings (SSSR count). The number of aromatic amines is 1. The number of carbonyl (C=O) groups is 1. The summed E-state index contributed by atoms with van der Waals surface area (Å²) in [6, 6.07) is 9.08. The third-order valence-electron chi connectivity index (χ3n) is 2.74. The van der Waals surface area contributed by atoms with E-state index in [1.54, 1.807) is 0 Å². The Bertz CT molecular complexity index is 740. The molecule has 0 saturated heterocycles. The molecule has 3 aromatic rings. The van der Waals surface area contributed by atoms with Gasteiger partial charge in [0, 0.05) is 10.9 Å². The average molecular weight is 242 g/mol. The number of H-pyrrole nitrogens is 1. The zero-order chi connectivity index (χ0) is 12.7. The van der Waals surface area contributed by atoms with Gasteiger partial charge < -0.3 is 9.52 Å². The van der Waals surface area contributed by atoms with Crippen molar-refractivity contribution in [1.82, 2.24) is 10.2 Å². The summed E-state index contributed by atoms with van der Waals surface area (Å²) in [4.78, 5) is 10.8. The van der Waals surface area contributed by atoms with Gasteiger partial charge in [-0.1, -0.05) is 0 Å². The molecule has 0 bridgehead atoms. The highest BCUT2D eigenvalue weighted by molar-refractivity contribution is 5.88. The summed E-state index contributed by atoms with van der Waals surface area (Å²) in [6.07, 6.45) is 0. The molecular formula is C13H10N2O3. The lowest BCUT2D eigenvalue weighted by Crippen LogP contribution is -1.95. The van der Waals surface area contributed by atoms with E-state index in [2.05, 4.69) is 10.2 Å². The van der Waals surface area contributed by atoms with Crippen molar-refractivity contribution < 1.29 is 14.3 Å². The molecule has 0 atom stereocenters. The number of nitrogens with zero attached hydrogens (tertiary/aromatic N) is 1. The van der Waals surface area contributed by atoms with Crippen molar-refractivity contribution in [2.45, 2.75) is 6.92 Å². The molecular weight excluding hydrogens is 232 g/mol. The summed E-state index contributed by atoms with van der Waals surface area (Å²) in [5.74, 6) is -0.176. The van der Waals surface area contributed by atoms with E-state index in [1.165, 1.54) is 6.07 Å². The Balaban J connectivity index is 2.09. The molecule has 0 aliphatic carbocycles. The number of nitrogens with one attached hydrogen (secondary N) is 1. The Hall–Kier alpha value is -2.56. The van der Waals surface area contributed by atoms with Crippen LogP contribution in [0.4, 0.5) is 0 Å². The van der Waals surface area contributed by atoms with E-state index in [1.807, 2.05) is 31.2 Å². The fourth-order valence-electron chi connectivity index (χ4n) is 1.91. The van der Waals surface area contributed by atoms with Crippen LogP contribution in [0, 0.1) is 6.92 Å². The average Bonchev–Trinajstić information content (AvgIpc) is 2.91. The fourth-order valence-corrected chi connectivity index (χ4v) is 1.91. The Morgan fingerprint density at radius 2 is 2.17 bits per heavy atom. The van der Waals surface area contributed by atoms with Crippen LogP contribution in [0.25, 0.3) is 22.2 Å². The molecule has 0 unspecified atom stereocenters. The fraction of sp³-hybridized carbons (Fsp3) is 0.0769. The lowest BCUT2D eigenvalue weighted by molar-refractivity contribution is 0.0690. The van der Waals surface area contributed by atoms with Crippen molar-refractivity contribution >= 4 is 16.9 Å². The van der Waals surface area contributed by atoms with Gasteiger partial charge in [-0.25, -0.2) is 4.79 Å². The molecule has 0 fully saturated rings. The van der Waals surface area contributed by atoms with Crippen molar-refractivity contribution in [2.24, 2.45) is 0 Å².